The van der Waals surface area contributed by atoms with E-state index in [0.717, 1.165) is 11.3 Å². The zero-order valence-corrected chi connectivity index (χ0v) is 12.7. The van der Waals surface area contributed by atoms with Crippen molar-refractivity contribution < 1.29 is 14.3 Å². The van der Waals surface area contributed by atoms with Gasteiger partial charge >= 0.3 is 0 Å². The lowest BCUT2D eigenvalue weighted by Gasteiger charge is -2.19. The molecule has 1 atom stereocenters. The summed E-state index contributed by atoms with van der Waals surface area (Å²) in [6.45, 7) is 0. The smallest absolute Gasteiger partial charge is 0.224 e. The average Bonchev–Trinajstić information content (AvgIpc) is 2.46. The molecule has 5 heteroatoms. The number of aryl methyl sites for hydroxylation is 1. The lowest BCUT2D eigenvalue weighted by atomic mass is 9.95. The number of hydrogen-bond acceptors (Lipinski definition) is 2. The van der Waals surface area contributed by atoms with Crippen LogP contribution < -0.4 is 5.32 Å². The van der Waals surface area contributed by atoms with Crippen molar-refractivity contribution in [2.45, 2.75) is 18.9 Å². The quantitative estimate of drug-likeness (QED) is 0.870. The summed E-state index contributed by atoms with van der Waals surface area (Å²) in [4.78, 5) is 11.3. The minimum absolute atomic E-state index is 0.00486. The summed E-state index contributed by atoms with van der Waals surface area (Å²) in [7, 11) is 0. The number of hydrogen-bond donors (Lipinski definition) is 2. The van der Waals surface area contributed by atoms with Gasteiger partial charge in [-0.15, -0.1) is 0 Å². The second-order valence-electron chi connectivity index (χ2n) is 5.03. The molecule has 0 aliphatic carbocycles. The molecule has 0 fully saturated rings. The highest BCUT2D eigenvalue weighted by atomic mass is 79.9. The van der Waals surface area contributed by atoms with Gasteiger partial charge in [0.25, 0.3) is 0 Å². The van der Waals surface area contributed by atoms with Crippen molar-refractivity contribution in [2.24, 2.45) is 0 Å². The Balaban J connectivity index is 1.95. The molecule has 1 amide bonds. The molecule has 21 heavy (non-hydrogen) atoms. The molecule has 0 bridgehead atoms. The molecule has 108 valence electrons. The molecule has 2 aromatic rings. The van der Waals surface area contributed by atoms with E-state index >= 15 is 0 Å². The van der Waals surface area contributed by atoms with Crippen molar-refractivity contribution in [2.75, 3.05) is 5.32 Å². The Hall–Kier alpha value is -1.72. The zero-order chi connectivity index (χ0) is 15.0. The van der Waals surface area contributed by atoms with Crippen LogP contribution in [-0.4, -0.2) is 11.0 Å². The number of carbonyl (C=O) groups is 1. The lowest BCUT2D eigenvalue weighted by molar-refractivity contribution is -0.116. The Labute approximate surface area is 129 Å². The molecule has 2 N–H and O–H groups in total. The van der Waals surface area contributed by atoms with Crippen LogP contribution in [0.3, 0.4) is 0 Å². The van der Waals surface area contributed by atoms with Gasteiger partial charge in [0.2, 0.25) is 5.91 Å². The van der Waals surface area contributed by atoms with Crippen LogP contribution in [0.1, 0.15) is 29.2 Å². The van der Waals surface area contributed by atoms with Gasteiger partial charge in [0.1, 0.15) is 11.9 Å². The van der Waals surface area contributed by atoms with Crippen LogP contribution in [0.4, 0.5) is 10.1 Å². The van der Waals surface area contributed by atoms with E-state index < -0.39 is 11.9 Å². The number of halogens is 2. The zero-order valence-electron chi connectivity index (χ0n) is 11.1. The van der Waals surface area contributed by atoms with Crippen LogP contribution in [0.2, 0.25) is 0 Å². The van der Waals surface area contributed by atoms with E-state index in [1.165, 1.54) is 6.07 Å². The van der Waals surface area contributed by atoms with Gasteiger partial charge in [0.15, 0.2) is 0 Å². The highest BCUT2D eigenvalue weighted by Gasteiger charge is 2.19. The van der Waals surface area contributed by atoms with Crippen molar-refractivity contribution in [3.63, 3.8) is 0 Å². The lowest BCUT2D eigenvalue weighted by Crippen LogP contribution is -2.19. The molecular weight excluding hydrogens is 337 g/mol. The number of fused-ring (bicyclic) bond motifs is 1. The third-order valence-corrected chi connectivity index (χ3v) is 4.09. The summed E-state index contributed by atoms with van der Waals surface area (Å²) >= 11 is 3.19. The van der Waals surface area contributed by atoms with E-state index in [1.807, 2.05) is 6.07 Å². The van der Waals surface area contributed by atoms with Crippen LogP contribution in [0.15, 0.2) is 40.9 Å². The molecule has 3 nitrogen and oxygen atoms in total. The number of amides is 1. The maximum Gasteiger partial charge on any atom is 0.224 e. The van der Waals surface area contributed by atoms with Crippen molar-refractivity contribution in [3.8, 4) is 0 Å². The molecule has 1 heterocycles. The number of nitrogens with one attached hydrogen (secondary N) is 1. The molecule has 0 radical (unpaired) electrons. The molecule has 0 saturated carbocycles. The topological polar surface area (TPSA) is 49.3 Å². The van der Waals surface area contributed by atoms with Gasteiger partial charge in [0, 0.05) is 22.1 Å². The molecule has 1 aliphatic heterocycles. The highest BCUT2D eigenvalue weighted by molar-refractivity contribution is 9.10. The van der Waals surface area contributed by atoms with Gasteiger partial charge in [-0.2, -0.15) is 0 Å². The van der Waals surface area contributed by atoms with Crippen molar-refractivity contribution in [1.82, 2.24) is 0 Å². The van der Waals surface area contributed by atoms with Gasteiger partial charge in [-0.1, -0.05) is 34.1 Å². The second kappa shape index (κ2) is 5.58. The number of aliphatic hydroxyl groups excluding tert-OH is 1. The summed E-state index contributed by atoms with van der Waals surface area (Å²) in [5.41, 5.74) is 2.58. The monoisotopic (exact) mass is 349 g/mol. The molecule has 2 aromatic carbocycles. The van der Waals surface area contributed by atoms with Gasteiger partial charge in [-0.05, 0) is 35.7 Å². The summed E-state index contributed by atoms with van der Waals surface area (Å²) in [5, 5.41) is 13.2. The van der Waals surface area contributed by atoms with Crippen molar-refractivity contribution >= 4 is 27.5 Å². The fourth-order valence-electron chi connectivity index (χ4n) is 2.48. The van der Waals surface area contributed by atoms with Gasteiger partial charge in [-0.3, -0.25) is 4.79 Å². The number of aliphatic hydroxyl groups is 1. The highest BCUT2D eigenvalue weighted by Crippen LogP contribution is 2.30. The maximum absolute atomic E-state index is 13.9. The van der Waals surface area contributed by atoms with E-state index in [0.29, 0.717) is 22.9 Å². The maximum atomic E-state index is 13.9. The van der Waals surface area contributed by atoms with E-state index in [9.17, 15) is 14.3 Å². The molecular formula is C16H13BrFNO2. The molecule has 1 unspecified atom stereocenters. The third-order valence-electron chi connectivity index (χ3n) is 3.60. The fraction of sp³-hybridized carbons (Fsp3) is 0.188. The van der Waals surface area contributed by atoms with E-state index in [2.05, 4.69) is 21.2 Å². The molecule has 0 aromatic heterocycles. The van der Waals surface area contributed by atoms with E-state index in [-0.39, 0.29) is 11.5 Å². The van der Waals surface area contributed by atoms with Crippen molar-refractivity contribution in [3.05, 3.63) is 63.4 Å². The minimum atomic E-state index is -1.03. The Morgan fingerprint density at radius 2 is 2.00 bits per heavy atom. The van der Waals surface area contributed by atoms with Gasteiger partial charge in [-0.25, -0.2) is 4.39 Å². The number of anilines is 1. The van der Waals surface area contributed by atoms with Crippen LogP contribution in [0.5, 0.6) is 0 Å². The number of carbonyl (C=O) groups excluding carboxylic acids is 1. The normalized spacial score (nSPS) is 15.3. The summed E-state index contributed by atoms with van der Waals surface area (Å²) in [6, 6.07) is 9.86. The summed E-state index contributed by atoms with van der Waals surface area (Å²) in [5.74, 6) is -0.461. The van der Waals surface area contributed by atoms with Gasteiger partial charge in [0.05, 0.1) is 0 Å². The van der Waals surface area contributed by atoms with E-state index in [1.54, 1.807) is 24.3 Å². The predicted octanol–water partition coefficient (Wildman–Crippen LogP) is 3.55. The molecule has 0 saturated heterocycles. The second-order valence-corrected chi connectivity index (χ2v) is 5.95. The van der Waals surface area contributed by atoms with Crippen LogP contribution in [0, 0.1) is 5.82 Å². The van der Waals surface area contributed by atoms with Crippen LogP contribution >= 0.6 is 15.9 Å². The molecule has 3 rings (SSSR count). The number of benzene rings is 2. The largest absolute Gasteiger partial charge is 0.384 e. The Morgan fingerprint density at radius 3 is 2.76 bits per heavy atom. The average molecular weight is 350 g/mol. The minimum Gasteiger partial charge on any atom is -0.384 e. The summed E-state index contributed by atoms with van der Waals surface area (Å²) in [6.07, 6.45) is 0.0324. The first-order valence-corrected chi connectivity index (χ1v) is 7.39. The SMILES string of the molecule is O=C1CCc2cc(C(O)c3ccc(Br)cc3F)ccc2N1. The first kappa shape index (κ1) is 14.2. The first-order valence-electron chi connectivity index (χ1n) is 6.60. The van der Waals surface area contributed by atoms with Gasteiger partial charge < -0.3 is 10.4 Å². The Kier molecular flexibility index (Phi) is 3.78. The van der Waals surface area contributed by atoms with E-state index in [4.69, 9.17) is 0 Å². The third kappa shape index (κ3) is 2.84. The Morgan fingerprint density at radius 1 is 1.19 bits per heavy atom. The van der Waals surface area contributed by atoms with Crippen LogP contribution in [0.25, 0.3) is 0 Å². The predicted molar refractivity (Wildman–Crippen MR) is 81.6 cm³/mol. The summed E-state index contributed by atoms with van der Waals surface area (Å²) < 4.78 is 14.6. The Bertz CT molecular complexity index is 717. The number of rotatable bonds is 2. The fourth-order valence-corrected chi connectivity index (χ4v) is 2.81. The van der Waals surface area contributed by atoms with Crippen LogP contribution in [-0.2, 0) is 11.2 Å². The van der Waals surface area contributed by atoms with Crippen molar-refractivity contribution in [1.29, 1.82) is 0 Å². The first-order chi connectivity index (χ1) is 10.0. The molecule has 0 spiro atoms. The standard InChI is InChI=1S/C16H13BrFNO2/c17-11-3-4-12(13(18)8-11)16(21)10-1-5-14-9(7-10)2-6-15(20)19-14/h1,3-5,7-8,16,21H,2,6H2,(H,19,20). The molecule has 1 aliphatic rings.